The third-order valence-electron chi connectivity index (χ3n) is 18.4. The predicted molar refractivity (Wildman–Crippen MR) is 292 cm³/mol. The number of methoxy groups -OCH3 is 1. The molecule has 12 rings (SSSR count). The molecule has 6 saturated heterocycles. The quantitative estimate of drug-likeness (QED) is 0.135. The first-order valence-electron chi connectivity index (χ1n) is 28.8. The third kappa shape index (κ3) is 10.8. The fourth-order valence-electron chi connectivity index (χ4n) is 13.4. The van der Waals surface area contributed by atoms with Gasteiger partial charge in [0.2, 0.25) is 5.91 Å². The molecule has 1 aliphatic carbocycles. The van der Waals surface area contributed by atoms with E-state index in [1.807, 2.05) is 13.8 Å². The first kappa shape index (κ1) is 53.3. The summed E-state index contributed by atoms with van der Waals surface area (Å²) in [6, 6.07) is 7.42. The van der Waals surface area contributed by atoms with E-state index in [1.54, 1.807) is 7.11 Å². The molecule has 77 heavy (non-hydrogen) atoms. The number of pyridine rings is 1. The van der Waals surface area contributed by atoms with Gasteiger partial charge in [0.1, 0.15) is 23.2 Å². The monoisotopic (exact) mass is 1080 g/mol. The van der Waals surface area contributed by atoms with Crippen molar-refractivity contribution in [2.24, 2.45) is 16.7 Å². The molecule has 18 heteroatoms. The Morgan fingerprint density at radius 1 is 0.974 bits per heavy atom. The van der Waals surface area contributed by atoms with Gasteiger partial charge < -0.3 is 43.2 Å². The highest BCUT2D eigenvalue weighted by Crippen LogP contribution is 2.47. The zero-order chi connectivity index (χ0) is 53.2. The predicted octanol–water partition coefficient (Wildman–Crippen LogP) is 7.36. The molecule has 0 radical (unpaired) electrons. The van der Waals surface area contributed by atoms with Gasteiger partial charge in [0.05, 0.1) is 61.3 Å². The number of hydrogen-bond acceptors (Lipinski definition) is 15. The van der Waals surface area contributed by atoms with Crippen molar-refractivity contribution in [2.45, 2.75) is 160 Å². The minimum Gasteiger partial charge on any atom is -0.464 e. The van der Waals surface area contributed by atoms with Crippen LogP contribution in [0.5, 0.6) is 0 Å². The standard InChI is InChI=1S/C59H80N8O9S/c1-35-36(2)76-53(35)54(68)62-50-52(65-31-59(32-65)17-24-73-34-59)55-61-47(30-77-55)39-9-12-48-43(26-39)45(28-58(4,5)33-75-57(70)46-8-7-18-67(63-46)56(50)69)51(66(48)21-25-74-42-15-22-72-23-16-42)44-27-40(29-60-49(44)37(3)71-6)38-13-19-64(20-14-38)41-10-11-41/h9,12,26-27,29-30,35-38,41-42,46,50,52-53,63H,7-8,10-11,13-25,28,31-34H2,1-6H3,(H,62,68)/t35-,36+,37-,46-,50-,52-,53+/m0/s1. The van der Waals surface area contributed by atoms with Crippen LogP contribution in [0.1, 0.15) is 132 Å². The van der Waals surface area contributed by atoms with E-state index in [0.717, 1.165) is 101 Å². The molecular weight excluding hydrogens is 997 g/mol. The van der Waals surface area contributed by atoms with Crippen LogP contribution in [-0.2, 0) is 55.8 Å². The summed E-state index contributed by atoms with van der Waals surface area (Å²) in [7, 11) is 1.75. The molecule has 7 fully saturated rings. The summed E-state index contributed by atoms with van der Waals surface area (Å²) < 4.78 is 39.3. The van der Waals surface area contributed by atoms with Crippen molar-refractivity contribution < 1.29 is 42.8 Å². The number of piperidine rings is 1. The van der Waals surface area contributed by atoms with E-state index in [-0.39, 0.29) is 48.1 Å². The number of esters is 1. The maximum atomic E-state index is 15.3. The largest absolute Gasteiger partial charge is 0.464 e. The van der Waals surface area contributed by atoms with Crippen molar-refractivity contribution in [1.82, 2.24) is 40.1 Å². The number of carbonyl (C=O) groups is 3. The lowest BCUT2D eigenvalue weighted by molar-refractivity contribution is -0.185. The van der Waals surface area contributed by atoms with E-state index in [9.17, 15) is 9.59 Å². The number of ether oxygens (including phenoxy) is 6. The minimum atomic E-state index is -1.04. The Morgan fingerprint density at radius 3 is 2.51 bits per heavy atom. The van der Waals surface area contributed by atoms with Gasteiger partial charge in [-0.05, 0) is 126 Å². The maximum absolute atomic E-state index is 15.3. The van der Waals surface area contributed by atoms with Crippen molar-refractivity contribution in [3.05, 3.63) is 57.7 Å². The SMILES string of the molecule is CO[C@@H](C)c1ncc(C2CCN(C3CC3)CC2)cc1-c1c2c3cc(ccc3n1CCOC1CCOCC1)-c1csc(n1)[C@@H](N1CC3(CCOC3)C1)[C@H](NC(=O)[C@@H]1O[C@H](C)[C@@H]1C)C(=O)N1CCC[C@H](N1)C(=O)OCC(C)(C)C2. The first-order valence-corrected chi connectivity index (χ1v) is 29.7. The van der Waals surface area contributed by atoms with Gasteiger partial charge in [-0.25, -0.2) is 10.4 Å². The molecule has 1 spiro atoms. The van der Waals surface area contributed by atoms with Crippen LogP contribution < -0.4 is 10.7 Å². The number of thiazole rings is 1. The van der Waals surface area contributed by atoms with E-state index in [0.29, 0.717) is 84.4 Å². The number of benzene rings is 1. The molecule has 7 atom stereocenters. The average Bonchev–Trinajstić information content (AvgIpc) is 3.97. The third-order valence-corrected chi connectivity index (χ3v) is 19.4. The van der Waals surface area contributed by atoms with Crippen molar-refractivity contribution in [3.63, 3.8) is 0 Å². The number of nitrogens with zero attached hydrogens (tertiary/aromatic N) is 6. The smallest absolute Gasteiger partial charge is 0.324 e. The normalized spacial score (nSPS) is 29.0. The number of aromatic nitrogens is 3. The van der Waals surface area contributed by atoms with Crippen LogP contribution in [0.15, 0.2) is 35.8 Å². The van der Waals surface area contributed by atoms with Gasteiger partial charge in [0.15, 0.2) is 0 Å². The molecule has 0 unspecified atom stereocenters. The first-order chi connectivity index (χ1) is 37.2. The van der Waals surface area contributed by atoms with E-state index in [4.69, 9.17) is 38.4 Å². The van der Waals surface area contributed by atoms with Crippen LogP contribution in [-0.4, -0.2) is 163 Å². The molecule has 10 heterocycles. The lowest BCUT2D eigenvalue weighted by Gasteiger charge is -2.52. The van der Waals surface area contributed by atoms with E-state index >= 15 is 4.79 Å². The summed E-state index contributed by atoms with van der Waals surface area (Å²) in [5.41, 5.74) is 10.9. The molecule has 8 aliphatic rings. The van der Waals surface area contributed by atoms with Crippen molar-refractivity contribution in [2.75, 3.05) is 79.5 Å². The highest BCUT2D eigenvalue weighted by atomic mass is 32.1. The Hall–Kier alpha value is -4.37. The van der Waals surface area contributed by atoms with Gasteiger partial charge in [-0.3, -0.25) is 29.3 Å². The lowest BCUT2D eigenvalue weighted by atomic mass is 9.77. The van der Waals surface area contributed by atoms with Crippen LogP contribution in [0, 0.1) is 16.7 Å². The summed E-state index contributed by atoms with van der Waals surface area (Å²) in [5.74, 6) is -0.697. The van der Waals surface area contributed by atoms with Gasteiger partial charge in [0.25, 0.3) is 5.91 Å². The highest BCUT2D eigenvalue weighted by molar-refractivity contribution is 7.10. The maximum Gasteiger partial charge on any atom is 0.324 e. The van der Waals surface area contributed by atoms with Crippen LogP contribution in [0.2, 0.25) is 0 Å². The lowest BCUT2D eigenvalue weighted by Crippen LogP contribution is -2.67. The van der Waals surface area contributed by atoms with Gasteiger partial charge in [0, 0.05) is 110 Å². The molecule has 3 aromatic heterocycles. The summed E-state index contributed by atoms with van der Waals surface area (Å²) >= 11 is 1.51. The molecule has 7 aliphatic heterocycles. The van der Waals surface area contributed by atoms with E-state index < -0.39 is 35.6 Å². The van der Waals surface area contributed by atoms with Crippen LogP contribution in [0.25, 0.3) is 33.4 Å². The molecule has 1 saturated carbocycles. The second kappa shape index (κ2) is 21.9. The second-order valence-electron chi connectivity index (χ2n) is 24.6. The van der Waals surface area contributed by atoms with Crippen molar-refractivity contribution in [3.8, 4) is 22.5 Å². The Morgan fingerprint density at radius 2 is 1.78 bits per heavy atom. The number of likely N-dealkylation sites (tertiary alicyclic amines) is 2. The number of rotatable bonds is 12. The van der Waals surface area contributed by atoms with Crippen LogP contribution in [0.3, 0.4) is 0 Å². The van der Waals surface area contributed by atoms with Gasteiger partial charge in [-0.1, -0.05) is 26.8 Å². The number of cyclic esters (lactones) is 1. The van der Waals surface area contributed by atoms with E-state index in [1.165, 1.54) is 34.8 Å². The zero-order valence-electron chi connectivity index (χ0n) is 46.1. The molecule has 17 nitrogen and oxygen atoms in total. The van der Waals surface area contributed by atoms with E-state index in [2.05, 4.69) is 81.7 Å². The molecular formula is C59H80N8O9S. The summed E-state index contributed by atoms with van der Waals surface area (Å²) in [6.45, 7) is 18.4. The Kier molecular flexibility index (Phi) is 15.2. The number of amides is 2. The molecule has 4 aromatic rings. The van der Waals surface area contributed by atoms with Crippen LogP contribution >= 0.6 is 11.3 Å². The van der Waals surface area contributed by atoms with Gasteiger partial charge in [-0.15, -0.1) is 11.3 Å². The number of carbonyl (C=O) groups excluding carboxylic acids is 3. The molecule has 2 amide bonds. The fourth-order valence-corrected chi connectivity index (χ4v) is 14.4. The summed E-state index contributed by atoms with van der Waals surface area (Å²) in [6.07, 6.45) is 10.3. The second-order valence-corrected chi connectivity index (χ2v) is 25.5. The highest BCUT2D eigenvalue weighted by Gasteiger charge is 2.53. The number of nitrogens with one attached hydrogen (secondary N) is 2. The number of hydrogen-bond donors (Lipinski definition) is 2. The Labute approximate surface area is 457 Å². The fraction of sp³-hybridized carbons (Fsp3) is 0.678. The van der Waals surface area contributed by atoms with Gasteiger partial charge >= 0.3 is 5.97 Å². The van der Waals surface area contributed by atoms with Crippen molar-refractivity contribution in [1.29, 1.82) is 0 Å². The number of fused-ring (bicyclic) bond motifs is 6. The topological polar surface area (TPSA) is 171 Å². The summed E-state index contributed by atoms with van der Waals surface area (Å²) in [4.78, 5) is 59.8. The molecule has 6 bridgehead atoms. The summed E-state index contributed by atoms with van der Waals surface area (Å²) in [5, 5.41) is 8.66. The Balaban J connectivity index is 1.00. The molecule has 2 N–H and O–H groups in total. The molecule has 1 aromatic carbocycles. The van der Waals surface area contributed by atoms with Gasteiger partial charge in [-0.2, -0.15) is 0 Å². The minimum absolute atomic E-state index is 0.0199. The zero-order valence-corrected chi connectivity index (χ0v) is 46.9. The average molecular weight is 1080 g/mol. The van der Waals surface area contributed by atoms with Crippen LogP contribution in [0.4, 0.5) is 0 Å². The molecule has 416 valence electrons. The van der Waals surface area contributed by atoms with Crippen molar-refractivity contribution >= 4 is 40.0 Å². The Bertz CT molecular complexity index is 2800. The number of hydrazine groups is 1.